The van der Waals surface area contributed by atoms with Crippen molar-refractivity contribution in [3.8, 4) is 0 Å². The maximum atomic E-state index is 11.4. The van der Waals surface area contributed by atoms with Crippen LogP contribution in [0.1, 0.15) is 19.3 Å². The molecule has 2 aliphatic rings. The quantitative estimate of drug-likeness (QED) is 0.767. The van der Waals surface area contributed by atoms with Crippen LogP contribution in [0.15, 0.2) is 18.3 Å². The molecule has 2 fully saturated rings. The molecule has 5 heteroatoms. The Hall–Kier alpha value is -1.78. The maximum absolute atomic E-state index is 11.4. The number of nitrogens with two attached hydrogens (primary N) is 1. The van der Waals surface area contributed by atoms with E-state index in [4.69, 9.17) is 5.73 Å². The molecule has 0 radical (unpaired) electrons. The van der Waals surface area contributed by atoms with Crippen LogP contribution in [-0.4, -0.2) is 30.0 Å². The molecule has 3 rings (SSSR count). The number of hydrogen-bond donors (Lipinski definition) is 2. The third-order valence-corrected chi connectivity index (χ3v) is 3.98. The Morgan fingerprint density at radius 2 is 2.33 bits per heavy atom. The van der Waals surface area contributed by atoms with E-state index in [-0.39, 0.29) is 5.91 Å². The van der Waals surface area contributed by atoms with Crippen LogP contribution in [0.25, 0.3) is 0 Å². The van der Waals surface area contributed by atoms with Gasteiger partial charge in [0.15, 0.2) is 0 Å². The zero-order valence-corrected chi connectivity index (χ0v) is 10.3. The third kappa shape index (κ3) is 2.00. The van der Waals surface area contributed by atoms with Crippen LogP contribution in [0.4, 0.5) is 11.5 Å². The number of anilines is 2. The van der Waals surface area contributed by atoms with Crippen LogP contribution in [0.2, 0.25) is 0 Å². The van der Waals surface area contributed by atoms with Crippen molar-refractivity contribution in [2.75, 3.05) is 23.7 Å². The molecule has 2 aliphatic heterocycles. The number of nitrogens with zero attached hydrogens (tertiary/aromatic N) is 2. The Balaban J connectivity index is 1.75. The number of hydrogen-bond acceptors (Lipinski definition) is 4. The molecule has 2 saturated heterocycles. The Morgan fingerprint density at radius 1 is 1.44 bits per heavy atom. The first-order valence-electron chi connectivity index (χ1n) is 6.49. The van der Waals surface area contributed by atoms with E-state index in [1.807, 2.05) is 12.1 Å². The van der Waals surface area contributed by atoms with Crippen LogP contribution < -0.4 is 16.0 Å². The summed E-state index contributed by atoms with van der Waals surface area (Å²) in [5.41, 5.74) is 6.94. The van der Waals surface area contributed by atoms with E-state index < -0.39 is 0 Å². The largest absolute Gasteiger partial charge is 0.382 e. The predicted octanol–water partition coefficient (Wildman–Crippen LogP) is 0.769. The van der Waals surface area contributed by atoms with Gasteiger partial charge >= 0.3 is 0 Å². The molecule has 0 aromatic carbocycles. The second-order valence-corrected chi connectivity index (χ2v) is 5.12. The van der Waals surface area contributed by atoms with E-state index in [2.05, 4.69) is 15.2 Å². The van der Waals surface area contributed by atoms with Gasteiger partial charge in [0, 0.05) is 31.7 Å². The number of nitrogen functional groups attached to an aromatic ring is 1. The molecule has 0 bridgehead atoms. The third-order valence-electron chi connectivity index (χ3n) is 3.98. The average Bonchev–Trinajstić information content (AvgIpc) is 2.39. The normalized spacial score (nSPS) is 27.6. The van der Waals surface area contributed by atoms with E-state index >= 15 is 0 Å². The molecule has 3 heterocycles. The minimum Gasteiger partial charge on any atom is -0.382 e. The standard InChI is InChI=1S/C13H18N4O/c14-13-11(2-1-6-15-13)17-7-5-10-9(8-17)3-4-12(18)16-10/h1-2,6,9-10H,3-5,7-8H2,(H2,14,15)(H,16,18). The van der Waals surface area contributed by atoms with Gasteiger partial charge in [-0.2, -0.15) is 0 Å². The summed E-state index contributed by atoms with van der Waals surface area (Å²) in [5.74, 6) is 1.33. The fourth-order valence-corrected chi connectivity index (χ4v) is 3.01. The van der Waals surface area contributed by atoms with Crippen LogP contribution in [0.3, 0.4) is 0 Å². The summed E-state index contributed by atoms with van der Waals surface area (Å²) in [5, 5.41) is 3.09. The van der Waals surface area contributed by atoms with Crippen LogP contribution in [0, 0.1) is 5.92 Å². The van der Waals surface area contributed by atoms with Crippen molar-refractivity contribution in [3.05, 3.63) is 18.3 Å². The summed E-state index contributed by atoms with van der Waals surface area (Å²) < 4.78 is 0. The number of piperidine rings is 2. The van der Waals surface area contributed by atoms with Crippen molar-refractivity contribution in [1.82, 2.24) is 10.3 Å². The molecular formula is C13H18N4O. The number of pyridine rings is 1. The van der Waals surface area contributed by atoms with E-state index in [1.165, 1.54) is 0 Å². The first-order chi connectivity index (χ1) is 8.74. The Kier molecular flexibility index (Phi) is 2.81. The van der Waals surface area contributed by atoms with Crippen molar-refractivity contribution in [2.24, 2.45) is 5.92 Å². The van der Waals surface area contributed by atoms with Gasteiger partial charge in [0.05, 0.1) is 5.69 Å². The Bertz CT molecular complexity index is 462. The van der Waals surface area contributed by atoms with Gasteiger partial charge in [-0.05, 0) is 30.9 Å². The lowest BCUT2D eigenvalue weighted by Gasteiger charge is -2.42. The van der Waals surface area contributed by atoms with Gasteiger partial charge in [-0.1, -0.05) is 0 Å². The number of rotatable bonds is 1. The first-order valence-corrected chi connectivity index (χ1v) is 6.49. The number of amides is 1. The fraction of sp³-hybridized carbons (Fsp3) is 0.538. The molecule has 5 nitrogen and oxygen atoms in total. The number of aromatic nitrogens is 1. The lowest BCUT2D eigenvalue weighted by molar-refractivity contribution is -0.124. The summed E-state index contributed by atoms with van der Waals surface area (Å²) in [6.45, 7) is 1.89. The monoisotopic (exact) mass is 246 g/mol. The summed E-state index contributed by atoms with van der Waals surface area (Å²) in [4.78, 5) is 17.8. The number of carbonyl (C=O) groups excluding carboxylic acids is 1. The second-order valence-electron chi connectivity index (χ2n) is 5.12. The molecule has 96 valence electrons. The summed E-state index contributed by atoms with van der Waals surface area (Å²) >= 11 is 0. The van der Waals surface area contributed by atoms with Crippen LogP contribution in [0.5, 0.6) is 0 Å². The molecule has 0 saturated carbocycles. The predicted molar refractivity (Wildman–Crippen MR) is 70.1 cm³/mol. The highest BCUT2D eigenvalue weighted by atomic mass is 16.1. The molecule has 2 unspecified atom stereocenters. The Labute approximate surface area is 106 Å². The number of nitrogens with one attached hydrogen (secondary N) is 1. The molecule has 0 spiro atoms. The molecule has 18 heavy (non-hydrogen) atoms. The second kappa shape index (κ2) is 4.48. The van der Waals surface area contributed by atoms with Crippen LogP contribution >= 0.6 is 0 Å². The summed E-state index contributed by atoms with van der Waals surface area (Å²) in [6.07, 6.45) is 4.34. The SMILES string of the molecule is Nc1ncccc1N1CCC2NC(=O)CCC2C1. The van der Waals surface area contributed by atoms with Crippen molar-refractivity contribution in [1.29, 1.82) is 0 Å². The topological polar surface area (TPSA) is 71.2 Å². The van der Waals surface area contributed by atoms with Crippen molar-refractivity contribution >= 4 is 17.4 Å². The molecule has 1 aromatic rings. The van der Waals surface area contributed by atoms with E-state index in [0.29, 0.717) is 24.2 Å². The Morgan fingerprint density at radius 3 is 3.17 bits per heavy atom. The zero-order chi connectivity index (χ0) is 12.5. The molecule has 3 N–H and O–H groups in total. The maximum Gasteiger partial charge on any atom is 0.220 e. The van der Waals surface area contributed by atoms with Crippen molar-refractivity contribution in [2.45, 2.75) is 25.3 Å². The fourth-order valence-electron chi connectivity index (χ4n) is 3.01. The number of fused-ring (bicyclic) bond motifs is 1. The number of carbonyl (C=O) groups is 1. The van der Waals surface area contributed by atoms with Gasteiger partial charge in [-0.3, -0.25) is 4.79 Å². The molecule has 2 atom stereocenters. The smallest absolute Gasteiger partial charge is 0.220 e. The average molecular weight is 246 g/mol. The molecular weight excluding hydrogens is 228 g/mol. The lowest BCUT2D eigenvalue weighted by atomic mass is 9.85. The summed E-state index contributed by atoms with van der Waals surface area (Å²) in [7, 11) is 0. The van der Waals surface area contributed by atoms with Crippen molar-refractivity contribution in [3.63, 3.8) is 0 Å². The lowest BCUT2D eigenvalue weighted by Crippen LogP contribution is -2.54. The molecule has 1 aromatic heterocycles. The first kappa shape index (κ1) is 11.3. The zero-order valence-electron chi connectivity index (χ0n) is 10.3. The van der Waals surface area contributed by atoms with E-state index in [1.54, 1.807) is 6.20 Å². The van der Waals surface area contributed by atoms with Gasteiger partial charge in [0.25, 0.3) is 0 Å². The van der Waals surface area contributed by atoms with E-state index in [9.17, 15) is 4.79 Å². The molecule has 0 aliphatic carbocycles. The highest BCUT2D eigenvalue weighted by Gasteiger charge is 2.34. The summed E-state index contributed by atoms with van der Waals surface area (Å²) in [6, 6.07) is 4.28. The highest BCUT2D eigenvalue weighted by Crippen LogP contribution is 2.30. The minimum absolute atomic E-state index is 0.200. The van der Waals surface area contributed by atoms with E-state index in [0.717, 1.165) is 31.6 Å². The van der Waals surface area contributed by atoms with Crippen LogP contribution in [-0.2, 0) is 4.79 Å². The van der Waals surface area contributed by atoms with Crippen molar-refractivity contribution < 1.29 is 4.79 Å². The minimum atomic E-state index is 0.200. The van der Waals surface area contributed by atoms with Gasteiger partial charge < -0.3 is 16.0 Å². The van der Waals surface area contributed by atoms with Gasteiger partial charge in [-0.15, -0.1) is 0 Å². The van der Waals surface area contributed by atoms with Gasteiger partial charge in [0.1, 0.15) is 5.82 Å². The van der Waals surface area contributed by atoms with Gasteiger partial charge in [0.2, 0.25) is 5.91 Å². The van der Waals surface area contributed by atoms with Gasteiger partial charge in [-0.25, -0.2) is 4.98 Å². The molecule has 1 amide bonds. The highest BCUT2D eigenvalue weighted by molar-refractivity contribution is 5.77.